The van der Waals surface area contributed by atoms with Crippen LogP contribution in [0.25, 0.3) is 0 Å². The molecule has 1 heterocycles. The molecule has 0 amide bonds. The summed E-state index contributed by atoms with van der Waals surface area (Å²) < 4.78 is 7.00. The van der Waals surface area contributed by atoms with Gasteiger partial charge in [0.1, 0.15) is 0 Å². The number of hydrogen-bond donors (Lipinski definition) is 1. The summed E-state index contributed by atoms with van der Waals surface area (Å²) in [5.41, 5.74) is 1.68. The molecular formula is C16H21N3O2. The lowest BCUT2D eigenvalue weighted by atomic mass is 10.1. The maximum Gasteiger partial charge on any atom is 0.333 e. The van der Waals surface area contributed by atoms with E-state index in [-0.39, 0.29) is 5.97 Å². The number of ether oxygens (including phenoxy) is 1. The van der Waals surface area contributed by atoms with E-state index in [0.717, 1.165) is 24.2 Å². The summed E-state index contributed by atoms with van der Waals surface area (Å²) in [4.78, 5) is 12.2. The first-order chi connectivity index (χ1) is 10.2. The second kappa shape index (κ2) is 7.47. The largest absolute Gasteiger partial charge is 0.464 e. The molecule has 1 N–H and O–H groups in total. The predicted molar refractivity (Wildman–Crippen MR) is 82.0 cm³/mol. The Labute approximate surface area is 124 Å². The van der Waals surface area contributed by atoms with E-state index in [1.54, 1.807) is 13.1 Å². The number of carbonyl (C=O) groups is 1. The van der Waals surface area contributed by atoms with Crippen molar-refractivity contribution in [2.24, 2.45) is 0 Å². The second-order valence-corrected chi connectivity index (χ2v) is 4.73. The monoisotopic (exact) mass is 287 g/mol. The lowest BCUT2D eigenvalue weighted by Crippen LogP contribution is -2.23. The molecule has 1 aromatic heterocycles. The van der Waals surface area contributed by atoms with Crippen LogP contribution in [0.1, 0.15) is 31.9 Å². The quantitative estimate of drug-likeness (QED) is 0.795. The number of carbonyl (C=O) groups excluding carboxylic acids is 1. The molecule has 0 bridgehead atoms. The third kappa shape index (κ3) is 4.08. The Hall–Kier alpha value is -2.30. The number of esters is 1. The van der Waals surface area contributed by atoms with Gasteiger partial charge in [0.25, 0.3) is 0 Å². The summed E-state index contributed by atoms with van der Waals surface area (Å²) >= 11 is 0. The molecular weight excluding hydrogens is 266 g/mol. The van der Waals surface area contributed by atoms with E-state index in [4.69, 9.17) is 4.74 Å². The van der Waals surface area contributed by atoms with E-state index in [0.29, 0.717) is 6.61 Å². The fraction of sp³-hybridized carbons (Fsp3) is 0.375. The van der Waals surface area contributed by atoms with Crippen molar-refractivity contribution in [1.82, 2.24) is 9.78 Å². The predicted octanol–water partition coefficient (Wildman–Crippen LogP) is 3.01. The zero-order valence-electron chi connectivity index (χ0n) is 12.5. The van der Waals surface area contributed by atoms with Crippen LogP contribution in [0.2, 0.25) is 0 Å². The number of aryl methyl sites for hydroxylation is 1. The highest BCUT2D eigenvalue weighted by Gasteiger charge is 2.23. The minimum absolute atomic E-state index is 0.294. The van der Waals surface area contributed by atoms with Gasteiger partial charge >= 0.3 is 5.97 Å². The van der Waals surface area contributed by atoms with Crippen LogP contribution >= 0.6 is 0 Å². The van der Waals surface area contributed by atoms with E-state index in [1.165, 1.54) is 0 Å². The van der Waals surface area contributed by atoms with Crippen LogP contribution in [0.3, 0.4) is 0 Å². The fourth-order valence-corrected chi connectivity index (χ4v) is 2.09. The van der Waals surface area contributed by atoms with Gasteiger partial charge in [-0.05, 0) is 25.5 Å². The van der Waals surface area contributed by atoms with Crippen LogP contribution in [-0.2, 0) is 16.1 Å². The highest BCUT2D eigenvalue weighted by atomic mass is 16.5. The van der Waals surface area contributed by atoms with E-state index < -0.39 is 6.04 Å². The van der Waals surface area contributed by atoms with E-state index in [9.17, 15) is 4.79 Å². The van der Waals surface area contributed by atoms with Crippen molar-refractivity contribution in [2.75, 3.05) is 11.9 Å². The standard InChI is InChI=1S/C16H21N3O2/c1-3-10-19-12-13(11-17-19)15(16(20)21-4-2)18-14-8-6-5-7-9-14/h5-9,11-12,15,18H,3-4,10H2,1-2H3. The average molecular weight is 287 g/mol. The number of hydrogen-bond acceptors (Lipinski definition) is 4. The van der Waals surface area contributed by atoms with E-state index >= 15 is 0 Å². The third-order valence-corrected chi connectivity index (χ3v) is 3.05. The third-order valence-electron chi connectivity index (χ3n) is 3.05. The maximum absolute atomic E-state index is 12.2. The minimum atomic E-state index is -0.544. The number of rotatable bonds is 7. The summed E-state index contributed by atoms with van der Waals surface area (Å²) in [5, 5.41) is 7.49. The van der Waals surface area contributed by atoms with Crippen LogP contribution in [-0.4, -0.2) is 22.4 Å². The molecule has 21 heavy (non-hydrogen) atoms. The van der Waals surface area contributed by atoms with Crippen molar-refractivity contribution in [3.63, 3.8) is 0 Å². The number of benzene rings is 1. The van der Waals surface area contributed by atoms with Gasteiger partial charge in [0.15, 0.2) is 6.04 Å². The smallest absolute Gasteiger partial charge is 0.333 e. The van der Waals surface area contributed by atoms with Crippen LogP contribution < -0.4 is 5.32 Å². The molecule has 2 aromatic rings. The lowest BCUT2D eigenvalue weighted by Gasteiger charge is -2.17. The van der Waals surface area contributed by atoms with Gasteiger partial charge in [0.2, 0.25) is 0 Å². The molecule has 1 unspecified atom stereocenters. The second-order valence-electron chi connectivity index (χ2n) is 4.73. The Morgan fingerprint density at radius 1 is 1.33 bits per heavy atom. The SMILES string of the molecule is CCCn1cc(C(Nc2ccccc2)C(=O)OCC)cn1. The van der Waals surface area contributed by atoms with Crippen molar-refractivity contribution < 1.29 is 9.53 Å². The first-order valence-electron chi connectivity index (χ1n) is 7.25. The molecule has 2 rings (SSSR count). The van der Waals surface area contributed by atoms with Gasteiger partial charge in [-0.15, -0.1) is 0 Å². The van der Waals surface area contributed by atoms with Gasteiger partial charge in [-0.25, -0.2) is 4.79 Å². The van der Waals surface area contributed by atoms with Gasteiger partial charge < -0.3 is 10.1 Å². The van der Waals surface area contributed by atoms with Crippen molar-refractivity contribution >= 4 is 11.7 Å². The number of para-hydroxylation sites is 1. The number of nitrogens with one attached hydrogen (secondary N) is 1. The van der Waals surface area contributed by atoms with Crippen LogP contribution in [0.4, 0.5) is 5.69 Å². The lowest BCUT2D eigenvalue weighted by molar-refractivity contribution is -0.144. The molecule has 0 aliphatic heterocycles. The highest BCUT2D eigenvalue weighted by molar-refractivity contribution is 5.80. The molecule has 112 valence electrons. The molecule has 0 fully saturated rings. The molecule has 0 saturated heterocycles. The first kappa shape index (κ1) is 15.1. The fourth-order valence-electron chi connectivity index (χ4n) is 2.09. The van der Waals surface area contributed by atoms with Crippen molar-refractivity contribution in [3.05, 3.63) is 48.3 Å². The Morgan fingerprint density at radius 3 is 2.76 bits per heavy atom. The van der Waals surface area contributed by atoms with Gasteiger partial charge in [-0.3, -0.25) is 4.68 Å². The zero-order chi connectivity index (χ0) is 15.1. The topological polar surface area (TPSA) is 56.2 Å². The maximum atomic E-state index is 12.2. The summed E-state index contributed by atoms with van der Waals surface area (Å²) in [6.07, 6.45) is 4.60. The summed E-state index contributed by atoms with van der Waals surface area (Å²) in [7, 11) is 0. The molecule has 1 aromatic carbocycles. The van der Waals surface area contributed by atoms with E-state index in [2.05, 4.69) is 17.3 Å². The van der Waals surface area contributed by atoms with Gasteiger partial charge in [-0.1, -0.05) is 25.1 Å². The highest BCUT2D eigenvalue weighted by Crippen LogP contribution is 2.20. The molecule has 0 spiro atoms. The van der Waals surface area contributed by atoms with Gasteiger partial charge in [0.05, 0.1) is 12.8 Å². The van der Waals surface area contributed by atoms with Gasteiger partial charge in [-0.2, -0.15) is 5.10 Å². The molecule has 0 radical (unpaired) electrons. The van der Waals surface area contributed by atoms with Gasteiger partial charge in [0, 0.05) is 24.0 Å². The Morgan fingerprint density at radius 2 is 2.10 bits per heavy atom. The minimum Gasteiger partial charge on any atom is -0.464 e. The zero-order valence-corrected chi connectivity index (χ0v) is 12.5. The molecule has 1 atom stereocenters. The van der Waals surface area contributed by atoms with E-state index in [1.807, 2.05) is 41.2 Å². The van der Waals surface area contributed by atoms with Crippen LogP contribution in [0.5, 0.6) is 0 Å². The Balaban J connectivity index is 2.20. The summed E-state index contributed by atoms with van der Waals surface area (Å²) in [6, 6.07) is 9.07. The van der Waals surface area contributed by atoms with Crippen molar-refractivity contribution in [3.8, 4) is 0 Å². The Bertz CT molecular complexity index is 566. The molecule has 0 aliphatic rings. The molecule has 5 heteroatoms. The summed E-state index contributed by atoms with van der Waals surface area (Å²) in [6.45, 7) is 5.08. The van der Waals surface area contributed by atoms with Crippen LogP contribution in [0, 0.1) is 0 Å². The number of nitrogens with zero attached hydrogens (tertiary/aromatic N) is 2. The summed E-state index contributed by atoms with van der Waals surface area (Å²) in [5.74, 6) is -0.294. The normalized spacial score (nSPS) is 11.9. The van der Waals surface area contributed by atoms with Crippen LogP contribution in [0.15, 0.2) is 42.7 Å². The molecule has 5 nitrogen and oxygen atoms in total. The number of anilines is 1. The average Bonchev–Trinajstić information content (AvgIpc) is 2.95. The Kier molecular flexibility index (Phi) is 5.37. The van der Waals surface area contributed by atoms with Crippen molar-refractivity contribution in [1.29, 1.82) is 0 Å². The number of aromatic nitrogens is 2. The van der Waals surface area contributed by atoms with Crippen molar-refractivity contribution in [2.45, 2.75) is 32.9 Å². The first-order valence-corrected chi connectivity index (χ1v) is 7.25. The molecule has 0 aliphatic carbocycles. The molecule has 0 saturated carbocycles.